The maximum atomic E-state index is 12.7. The van der Waals surface area contributed by atoms with Crippen molar-refractivity contribution in [3.8, 4) is 5.75 Å². The second-order valence-electron chi connectivity index (χ2n) is 7.00. The van der Waals surface area contributed by atoms with Crippen molar-refractivity contribution in [2.45, 2.75) is 39.3 Å². The Labute approximate surface area is 159 Å². The minimum absolute atomic E-state index is 0.00212. The van der Waals surface area contributed by atoms with E-state index < -0.39 is 12.0 Å². The van der Waals surface area contributed by atoms with Gasteiger partial charge in [-0.15, -0.1) is 0 Å². The van der Waals surface area contributed by atoms with E-state index in [2.05, 4.69) is 10.3 Å². The molecule has 1 aromatic heterocycles. The molecule has 2 aromatic rings. The monoisotopic (exact) mass is 373 g/mol. The number of fused-ring (bicyclic) bond motifs is 3. The van der Waals surface area contributed by atoms with Gasteiger partial charge in [0.15, 0.2) is 0 Å². The summed E-state index contributed by atoms with van der Waals surface area (Å²) in [5, 5.41) is 3.99. The van der Waals surface area contributed by atoms with E-state index in [1.165, 1.54) is 12.7 Å². The summed E-state index contributed by atoms with van der Waals surface area (Å²) in [6.07, 6.45) is 1.52. The van der Waals surface area contributed by atoms with Gasteiger partial charge in [-0.1, -0.05) is 20.3 Å². The Balaban J connectivity index is 1.77. The number of aromatic amines is 1. The van der Waals surface area contributed by atoms with Gasteiger partial charge >= 0.3 is 12.0 Å². The third-order valence-corrected chi connectivity index (χ3v) is 5.42. The van der Waals surface area contributed by atoms with Crippen molar-refractivity contribution in [1.82, 2.24) is 15.2 Å². The molecule has 7 heteroatoms. The molecule has 2 heterocycles. The van der Waals surface area contributed by atoms with Crippen molar-refractivity contribution in [1.29, 1.82) is 0 Å². The van der Waals surface area contributed by atoms with Crippen molar-refractivity contribution < 1.29 is 19.1 Å². The van der Waals surface area contributed by atoms with E-state index in [4.69, 9.17) is 9.47 Å². The molecule has 1 aliphatic heterocycles. The lowest BCUT2D eigenvalue weighted by atomic mass is 9.99. The highest BCUT2D eigenvalue weighted by molar-refractivity contribution is 5.87. The van der Waals surface area contributed by atoms with Crippen LogP contribution in [-0.2, 0) is 22.5 Å². The van der Waals surface area contributed by atoms with Crippen LogP contribution in [0.3, 0.4) is 0 Å². The molecule has 1 aromatic carbocycles. The standard InChI is InChI=1S/C20H27N3O4/c1-5-12(2)18(19(24)27-4)22-20(25)23-9-8-14-15-10-13(26-3)6-7-16(15)21-17(14)11-23/h6-7,10,12,18,21H,5,8-9,11H2,1-4H3,(H,22,25)/t12-,18+/m1/s1. The fraction of sp³-hybridized carbons (Fsp3) is 0.500. The summed E-state index contributed by atoms with van der Waals surface area (Å²) >= 11 is 0. The number of ether oxygens (including phenoxy) is 2. The molecular weight excluding hydrogens is 346 g/mol. The number of rotatable bonds is 5. The molecule has 0 bridgehead atoms. The van der Waals surface area contributed by atoms with E-state index in [-0.39, 0.29) is 11.9 Å². The summed E-state index contributed by atoms with van der Waals surface area (Å²) < 4.78 is 10.2. The maximum Gasteiger partial charge on any atom is 0.328 e. The Kier molecular flexibility index (Phi) is 5.58. The van der Waals surface area contributed by atoms with Crippen LogP contribution in [-0.4, -0.2) is 48.7 Å². The molecule has 0 spiro atoms. The normalized spacial score (nSPS) is 15.8. The Morgan fingerprint density at radius 3 is 2.78 bits per heavy atom. The third kappa shape index (κ3) is 3.72. The van der Waals surface area contributed by atoms with E-state index in [9.17, 15) is 9.59 Å². The van der Waals surface area contributed by atoms with Crippen LogP contribution in [0.15, 0.2) is 18.2 Å². The van der Waals surface area contributed by atoms with Crippen LogP contribution in [0.5, 0.6) is 5.75 Å². The van der Waals surface area contributed by atoms with Gasteiger partial charge < -0.3 is 24.7 Å². The number of methoxy groups -OCH3 is 2. The van der Waals surface area contributed by atoms with E-state index in [0.717, 1.165) is 35.2 Å². The van der Waals surface area contributed by atoms with Crippen LogP contribution in [0, 0.1) is 5.92 Å². The molecule has 0 fully saturated rings. The molecule has 0 radical (unpaired) electrons. The molecule has 2 amide bonds. The van der Waals surface area contributed by atoms with Crippen LogP contribution >= 0.6 is 0 Å². The molecule has 146 valence electrons. The Bertz CT molecular complexity index is 845. The Morgan fingerprint density at radius 2 is 2.11 bits per heavy atom. The minimum Gasteiger partial charge on any atom is -0.497 e. The van der Waals surface area contributed by atoms with E-state index in [0.29, 0.717) is 13.1 Å². The number of hydrogen-bond acceptors (Lipinski definition) is 4. The van der Waals surface area contributed by atoms with Crippen molar-refractivity contribution in [3.05, 3.63) is 29.5 Å². The number of hydrogen-bond donors (Lipinski definition) is 2. The van der Waals surface area contributed by atoms with Crippen LogP contribution in [0.4, 0.5) is 4.79 Å². The highest BCUT2D eigenvalue weighted by Gasteiger charge is 2.30. The first kappa shape index (κ1) is 19.1. The second kappa shape index (κ2) is 7.90. The lowest BCUT2D eigenvalue weighted by molar-refractivity contribution is -0.144. The number of aromatic nitrogens is 1. The van der Waals surface area contributed by atoms with Crippen LogP contribution in [0.1, 0.15) is 31.5 Å². The second-order valence-corrected chi connectivity index (χ2v) is 7.00. The molecule has 0 unspecified atom stereocenters. The number of urea groups is 1. The van der Waals surface area contributed by atoms with Crippen molar-refractivity contribution in [2.75, 3.05) is 20.8 Å². The molecule has 3 rings (SSSR count). The zero-order chi connectivity index (χ0) is 19.6. The zero-order valence-electron chi connectivity index (χ0n) is 16.3. The van der Waals surface area contributed by atoms with Crippen molar-refractivity contribution >= 4 is 22.9 Å². The van der Waals surface area contributed by atoms with Gasteiger partial charge in [0.1, 0.15) is 11.8 Å². The number of amides is 2. The number of carbonyl (C=O) groups is 2. The number of carbonyl (C=O) groups excluding carboxylic acids is 2. The van der Waals surface area contributed by atoms with Gasteiger partial charge in [0.05, 0.1) is 20.8 Å². The fourth-order valence-corrected chi connectivity index (χ4v) is 3.54. The summed E-state index contributed by atoms with van der Waals surface area (Å²) in [6, 6.07) is 5.06. The highest BCUT2D eigenvalue weighted by atomic mass is 16.5. The number of nitrogens with zero attached hydrogens (tertiary/aromatic N) is 1. The lowest BCUT2D eigenvalue weighted by Gasteiger charge is -2.30. The quantitative estimate of drug-likeness (QED) is 0.790. The summed E-state index contributed by atoms with van der Waals surface area (Å²) in [6.45, 7) is 4.99. The fourth-order valence-electron chi connectivity index (χ4n) is 3.54. The average molecular weight is 373 g/mol. The predicted octanol–water partition coefficient (Wildman–Crippen LogP) is 2.83. The van der Waals surface area contributed by atoms with Gasteiger partial charge in [-0.05, 0) is 36.1 Å². The molecule has 0 aliphatic carbocycles. The van der Waals surface area contributed by atoms with Crippen LogP contribution < -0.4 is 10.1 Å². The van der Waals surface area contributed by atoms with Gasteiger partial charge in [0.2, 0.25) is 0 Å². The minimum atomic E-state index is -0.638. The maximum absolute atomic E-state index is 12.7. The zero-order valence-corrected chi connectivity index (χ0v) is 16.3. The van der Waals surface area contributed by atoms with Crippen molar-refractivity contribution in [3.63, 3.8) is 0 Å². The summed E-state index contributed by atoms with van der Waals surface area (Å²) in [5.41, 5.74) is 3.28. The molecular formula is C20H27N3O4. The van der Waals surface area contributed by atoms with Gasteiger partial charge in [-0.3, -0.25) is 0 Å². The highest BCUT2D eigenvalue weighted by Crippen LogP contribution is 2.30. The molecule has 27 heavy (non-hydrogen) atoms. The van der Waals surface area contributed by atoms with Gasteiger partial charge in [-0.2, -0.15) is 0 Å². The van der Waals surface area contributed by atoms with Crippen LogP contribution in [0.2, 0.25) is 0 Å². The van der Waals surface area contributed by atoms with Crippen molar-refractivity contribution in [2.24, 2.45) is 5.92 Å². The smallest absolute Gasteiger partial charge is 0.328 e. The third-order valence-electron chi connectivity index (χ3n) is 5.42. The van der Waals surface area contributed by atoms with E-state index >= 15 is 0 Å². The first-order valence-corrected chi connectivity index (χ1v) is 9.29. The molecule has 7 nitrogen and oxygen atoms in total. The SMILES string of the molecule is CC[C@@H](C)[C@H](NC(=O)N1CCc2c([nH]c3ccc(OC)cc23)C1)C(=O)OC. The molecule has 1 aliphatic rings. The molecule has 0 saturated heterocycles. The van der Waals surface area contributed by atoms with Gasteiger partial charge in [0, 0.05) is 23.1 Å². The molecule has 2 N–H and O–H groups in total. The van der Waals surface area contributed by atoms with Crippen LogP contribution in [0.25, 0.3) is 10.9 Å². The van der Waals surface area contributed by atoms with E-state index in [1.807, 2.05) is 32.0 Å². The summed E-state index contributed by atoms with van der Waals surface area (Å²) in [4.78, 5) is 29.9. The Morgan fingerprint density at radius 1 is 1.33 bits per heavy atom. The number of H-pyrrole nitrogens is 1. The predicted molar refractivity (Wildman–Crippen MR) is 103 cm³/mol. The number of benzene rings is 1. The van der Waals surface area contributed by atoms with Gasteiger partial charge in [-0.25, -0.2) is 9.59 Å². The topological polar surface area (TPSA) is 83.7 Å². The molecule has 0 saturated carbocycles. The summed E-state index contributed by atoms with van der Waals surface area (Å²) in [7, 11) is 3.00. The number of esters is 1. The molecule has 2 atom stereocenters. The van der Waals surface area contributed by atoms with E-state index in [1.54, 1.807) is 12.0 Å². The lowest BCUT2D eigenvalue weighted by Crippen LogP contribution is -2.51. The van der Waals surface area contributed by atoms with Gasteiger partial charge in [0.25, 0.3) is 0 Å². The first-order valence-electron chi connectivity index (χ1n) is 9.29. The summed E-state index contributed by atoms with van der Waals surface area (Å²) in [5.74, 6) is 0.411. The average Bonchev–Trinajstić information content (AvgIpc) is 3.07. The largest absolute Gasteiger partial charge is 0.497 e. The number of nitrogens with one attached hydrogen (secondary N) is 2. The Hall–Kier alpha value is -2.70. The first-order chi connectivity index (χ1) is 13.0.